The molecule has 0 bridgehead atoms. The molecular weight excluding hydrogens is 460 g/mol. The summed E-state index contributed by atoms with van der Waals surface area (Å²) < 4.78 is 16.7. The number of ketones is 1. The van der Waals surface area contributed by atoms with Crippen LogP contribution in [-0.2, 0) is 0 Å². The summed E-state index contributed by atoms with van der Waals surface area (Å²) in [5, 5.41) is 0. The Hall–Kier alpha value is -5.04. The van der Waals surface area contributed by atoms with Gasteiger partial charge in [-0.05, 0) is 55.5 Å². The lowest BCUT2D eigenvalue weighted by molar-refractivity contribution is 0.0655. The summed E-state index contributed by atoms with van der Waals surface area (Å²) in [6, 6.07) is 27.0. The van der Waals surface area contributed by atoms with Crippen molar-refractivity contribution in [3.8, 4) is 17.2 Å². The highest BCUT2D eigenvalue weighted by atomic mass is 16.6. The molecule has 0 amide bonds. The Morgan fingerprint density at radius 2 is 0.861 bits per heavy atom. The van der Waals surface area contributed by atoms with Crippen LogP contribution in [0.4, 0.5) is 0 Å². The molecule has 4 aromatic rings. The lowest BCUT2D eigenvalue weighted by Crippen LogP contribution is -2.17. The molecule has 0 fully saturated rings. The van der Waals surface area contributed by atoms with Gasteiger partial charge in [0.1, 0.15) is 0 Å². The molecule has 0 saturated heterocycles. The van der Waals surface area contributed by atoms with Gasteiger partial charge in [0.25, 0.3) is 0 Å². The van der Waals surface area contributed by atoms with Crippen LogP contribution < -0.4 is 14.2 Å². The van der Waals surface area contributed by atoms with Crippen LogP contribution in [0.15, 0.2) is 103 Å². The van der Waals surface area contributed by atoms with Crippen LogP contribution in [0, 0.1) is 0 Å². The first kappa shape index (κ1) is 24.1. The highest BCUT2D eigenvalue weighted by molar-refractivity contribution is 6.02. The predicted octanol–water partition coefficient (Wildman–Crippen LogP) is 5.55. The molecular formula is C29H20O7. The lowest BCUT2D eigenvalue weighted by atomic mass is 10.1. The first-order valence-electron chi connectivity index (χ1n) is 10.9. The SMILES string of the molecule is CC(=O)c1ccc(OC(=O)c2ccccc2)c(OC(=O)c2ccccc2)c1OC(=O)c1ccccc1. The van der Waals surface area contributed by atoms with Gasteiger partial charge < -0.3 is 14.2 Å². The topological polar surface area (TPSA) is 96.0 Å². The van der Waals surface area contributed by atoms with E-state index in [1.165, 1.54) is 43.3 Å². The van der Waals surface area contributed by atoms with Crippen molar-refractivity contribution >= 4 is 23.7 Å². The number of ether oxygens (including phenoxy) is 3. The van der Waals surface area contributed by atoms with Crippen LogP contribution in [0.25, 0.3) is 0 Å². The number of hydrogen-bond donors (Lipinski definition) is 0. The van der Waals surface area contributed by atoms with E-state index < -0.39 is 23.7 Å². The number of hydrogen-bond acceptors (Lipinski definition) is 7. The van der Waals surface area contributed by atoms with Crippen LogP contribution >= 0.6 is 0 Å². The average Bonchev–Trinajstić information content (AvgIpc) is 2.91. The van der Waals surface area contributed by atoms with Crippen molar-refractivity contribution in [1.82, 2.24) is 0 Å². The minimum absolute atomic E-state index is 0.0327. The Balaban J connectivity index is 1.80. The van der Waals surface area contributed by atoms with E-state index in [4.69, 9.17) is 14.2 Å². The quantitative estimate of drug-likeness (QED) is 0.194. The second kappa shape index (κ2) is 10.9. The average molecular weight is 480 g/mol. The summed E-state index contributed by atoms with van der Waals surface area (Å²) >= 11 is 0. The van der Waals surface area contributed by atoms with Gasteiger partial charge in [-0.15, -0.1) is 0 Å². The lowest BCUT2D eigenvalue weighted by Gasteiger charge is -2.17. The fourth-order valence-corrected chi connectivity index (χ4v) is 3.28. The van der Waals surface area contributed by atoms with Crippen molar-refractivity contribution in [3.05, 3.63) is 125 Å². The molecule has 0 aliphatic rings. The van der Waals surface area contributed by atoms with Crippen LogP contribution in [-0.4, -0.2) is 23.7 Å². The smallest absolute Gasteiger partial charge is 0.343 e. The van der Waals surface area contributed by atoms with E-state index in [-0.39, 0.29) is 39.5 Å². The number of carbonyl (C=O) groups is 4. The normalized spacial score (nSPS) is 10.2. The van der Waals surface area contributed by atoms with Gasteiger partial charge >= 0.3 is 17.9 Å². The molecule has 0 saturated carbocycles. The molecule has 0 aromatic heterocycles. The first-order valence-corrected chi connectivity index (χ1v) is 10.9. The second-order valence-corrected chi connectivity index (χ2v) is 7.59. The zero-order valence-corrected chi connectivity index (χ0v) is 19.2. The molecule has 0 N–H and O–H groups in total. The Bertz CT molecular complexity index is 1410. The monoisotopic (exact) mass is 480 g/mol. The number of carbonyl (C=O) groups excluding carboxylic acids is 4. The molecule has 0 heterocycles. The van der Waals surface area contributed by atoms with E-state index >= 15 is 0 Å². The third-order valence-corrected chi connectivity index (χ3v) is 5.08. The van der Waals surface area contributed by atoms with Crippen LogP contribution in [0.3, 0.4) is 0 Å². The fourth-order valence-electron chi connectivity index (χ4n) is 3.28. The minimum atomic E-state index is -0.801. The summed E-state index contributed by atoms with van der Waals surface area (Å²) in [6.07, 6.45) is 0. The van der Waals surface area contributed by atoms with Crippen molar-refractivity contribution in [2.24, 2.45) is 0 Å². The molecule has 0 spiro atoms. The van der Waals surface area contributed by atoms with Crippen molar-refractivity contribution in [2.75, 3.05) is 0 Å². The Morgan fingerprint density at radius 3 is 1.28 bits per heavy atom. The van der Waals surface area contributed by atoms with Gasteiger partial charge in [0.15, 0.2) is 17.3 Å². The molecule has 7 nitrogen and oxygen atoms in total. The van der Waals surface area contributed by atoms with Crippen molar-refractivity contribution in [1.29, 1.82) is 0 Å². The number of rotatable bonds is 7. The van der Waals surface area contributed by atoms with Gasteiger partial charge in [0.2, 0.25) is 5.75 Å². The van der Waals surface area contributed by atoms with Gasteiger partial charge in [-0.1, -0.05) is 54.6 Å². The third kappa shape index (κ3) is 5.53. The minimum Gasteiger partial charge on any atom is -0.419 e. The van der Waals surface area contributed by atoms with Gasteiger partial charge in [0.05, 0.1) is 22.3 Å². The maximum atomic E-state index is 12.9. The van der Waals surface area contributed by atoms with E-state index in [9.17, 15) is 19.2 Å². The Morgan fingerprint density at radius 1 is 0.472 bits per heavy atom. The molecule has 4 rings (SSSR count). The summed E-state index contributed by atoms with van der Waals surface area (Å²) in [5.41, 5.74) is 0.622. The zero-order valence-electron chi connectivity index (χ0n) is 19.2. The van der Waals surface area contributed by atoms with E-state index in [1.54, 1.807) is 66.7 Å². The second-order valence-electron chi connectivity index (χ2n) is 7.59. The standard InChI is InChI=1S/C29H20O7/c1-19(30)23-17-18-24(34-27(31)20-11-5-2-6-12-20)26(36-29(33)22-15-9-4-10-16-22)25(23)35-28(32)21-13-7-3-8-14-21/h2-18H,1H3. The van der Waals surface area contributed by atoms with Gasteiger partial charge in [-0.3, -0.25) is 4.79 Å². The number of esters is 3. The highest BCUT2D eigenvalue weighted by Crippen LogP contribution is 2.42. The van der Waals surface area contributed by atoms with Gasteiger partial charge in [-0.2, -0.15) is 0 Å². The van der Waals surface area contributed by atoms with Crippen LogP contribution in [0.1, 0.15) is 48.4 Å². The molecule has 4 aromatic carbocycles. The molecule has 0 radical (unpaired) electrons. The maximum absolute atomic E-state index is 12.9. The Kier molecular flexibility index (Phi) is 7.31. The molecule has 0 aliphatic heterocycles. The largest absolute Gasteiger partial charge is 0.419 e. The highest BCUT2D eigenvalue weighted by Gasteiger charge is 2.27. The Labute approximate surface area is 206 Å². The number of benzene rings is 4. The zero-order chi connectivity index (χ0) is 25.5. The van der Waals surface area contributed by atoms with Crippen molar-refractivity contribution < 1.29 is 33.4 Å². The van der Waals surface area contributed by atoms with Crippen LogP contribution in [0.2, 0.25) is 0 Å². The first-order chi connectivity index (χ1) is 17.4. The van der Waals surface area contributed by atoms with E-state index in [0.717, 1.165) is 0 Å². The molecule has 0 unspecified atom stereocenters. The molecule has 36 heavy (non-hydrogen) atoms. The van der Waals surface area contributed by atoms with Gasteiger partial charge in [0, 0.05) is 0 Å². The summed E-state index contributed by atoms with van der Waals surface area (Å²) in [5.74, 6) is -3.68. The van der Waals surface area contributed by atoms with Gasteiger partial charge in [-0.25, -0.2) is 14.4 Å². The van der Waals surface area contributed by atoms with Crippen LogP contribution in [0.5, 0.6) is 17.2 Å². The molecule has 0 atom stereocenters. The van der Waals surface area contributed by atoms with E-state index in [2.05, 4.69) is 0 Å². The van der Waals surface area contributed by atoms with Crippen molar-refractivity contribution in [3.63, 3.8) is 0 Å². The molecule has 0 aliphatic carbocycles. The fraction of sp³-hybridized carbons (Fsp3) is 0.0345. The molecule has 7 heteroatoms. The van der Waals surface area contributed by atoms with Crippen molar-refractivity contribution in [2.45, 2.75) is 6.92 Å². The third-order valence-electron chi connectivity index (χ3n) is 5.08. The number of Topliss-reactive ketones (excluding diaryl/α,β-unsaturated/α-hetero) is 1. The summed E-state index contributed by atoms with van der Waals surface area (Å²) in [6.45, 7) is 1.27. The summed E-state index contributed by atoms with van der Waals surface area (Å²) in [4.78, 5) is 51.0. The maximum Gasteiger partial charge on any atom is 0.343 e. The van der Waals surface area contributed by atoms with E-state index in [1.807, 2.05) is 0 Å². The van der Waals surface area contributed by atoms with E-state index in [0.29, 0.717) is 0 Å². The molecule has 178 valence electrons. The summed E-state index contributed by atoms with van der Waals surface area (Å²) in [7, 11) is 0. The predicted molar refractivity (Wildman–Crippen MR) is 131 cm³/mol.